The summed E-state index contributed by atoms with van der Waals surface area (Å²) in [6.45, 7) is 15.7. The van der Waals surface area contributed by atoms with Crippen molar-refractivity contribution >= 4 is 10.9 Å². The van der Waals surface area contributed by atoms with Gasteiger partial charge in [-0.15, -0.1) is 0 Å². The van der Waals surface area contributed by atoms with Gasteiger partial charge in [-0.1, -0.05) is 39.8 Å². The van der Waals surface area contributed by atoms with Gasteiger partial charge in [0.2, 0.25) is 0 Å². The predicted molar refractivity (Wildman–Crippen MR) is 99.0 cm³/mol. The van der Waals surface area contributed by atoms with E-state index in [1.165, 1.54) is 0 Å². The maximum absolute atomic E-state index is 13.0. The van der Waals surface area contributed by atoms with Crippen molar-refractivity contribution in [1.29, 1.82) is 0 Å². The van der Waals surface area contributed by atoms with Crippen LogP contribution in [0.3, 0.4) is 0 Å². The number of rotatable bonds is 6. The van der Waals surface area contributed by atoms with E-state index < -0.39 is 0 Å². The first-order valence-corrected chi connectivity index (χ1v) is 8.63. The third kappa shape index (κ3) is 4.23. The number of para-hydroxylation sites is 1. The van der Waals surface area contributed by atoms with Crippen molar-refractivity contribution < 1.29 is 0 Å². The Hall–Kier alpha value is -1.61. The van der Waals surface area contributed by atoms with E-state index in [1.807, 2.05) is 32.0 Å². The summed E-state index contributed by atoms with van der Waals surface area (Å²) in [4.78, 5) is 18.8. The summed E-state index contributed by atoms with van der Waals surface area (Å²) in [5.74, 6) is 1.19. The molecular weight excluding hydrogens is 284 g/mol. The minimum Gasteiger partial charge on any atom is -0.358 e. The van der Waals surface area contributed by atoms with E-state index >= 15 is 0 Å². The topological polar surface area (TPSA) is 36.1 Å². The lowest BCUT2D eigenvalue weighted by molar-refractivity contribution is 0.210. The minimum absolute atomic E-state index is 0.178. The zero-order chi connectivity index (χ0) is 17.1. The van der Waals surface area contributed by atoms with Gasteiger partial charge in [0, 0.05) is 36.3 Å². The van der Waals surface area contributed by atoms with Crippen molar-refractivity contribution in [3.05, 3.63) is 45.2 Å². The number of nitrogens with one attached hydrogen (secondary N) is 1. The van der Waals surface area contributed by atoms with Crippen LogP contribution in [-0.4, -0.2) is 23.0 Å². The largest absolute Gasteiger partial charge is 0.358 e. The van der Waals surface area contributed by atoms with E-state index in [0.717, 1.165) is 47.4 Å². The Labute approximate surface area is 139 Å². The first-order valence-electron chi connectivity index (χ1n) is 8.63. The first-order chi connectivity index (χ1) is 10.8. The van der Waals surface area contributed by atoms with Crippen LogP contribution in [0.15, 0.2) is 23.0 Å². The number of aromatic amines is 1. The number of hydrogen-bond acceptors (Lipinski definition) is 2. The predicted octanol–water partition coefficient (Wildman–Crippen LogP) is 4.26. The van der Waals surface area contributed by atoms with Crippen LogP contribution in [0.1, 0.15) is 44.5 Å². The molecule has 0 aliphatic heterocycles. The molecule has 0 atom stereocenters. The highest BCUT2D eigenvalue weighted by Crippen LogP contribution is 2.17. The lowest BCUT2D eigenvalue weighted by atomic mass is 10.0. The lowest BCUT2D eigenvalue weighted by Crippen LogP contribution is -2.33. The van der Waals surface area contributed by atoms with Crippen LogP contribution in [0, 0.1) is 25.7 Å². The summed E-state index contributed by atoms with van der Waals surface area (Å²) in [6.07, 6.45) is 0. The number of H-pyrrole nitrogens is 1. The van der Waals surface area contributed by atoms with Crippen molar-refractivity contribution in [3.8, 4) is 0 Å². The molecule has 0 bridgehead atoms. The van der Waals surface area contributed by atoms with Crippen LogP contribution in [0.4, 0.5) is 0 Å². The van der Waals surface area contributed by atoms with Gasteiger partial charge in [-0.25, -0.2) is 0 Å². The standard InChI is InChI=1S/C20H30N2O/c1-13(2)10-22(11-14(3)4)12-18-16(6)21-19-15(5)8-7-9-17(19)20(18)23/h7-9,13-14H,10-12H2,1-6H3,(H,21,23). The third-order valence-corrected chi connectivity index (χ3v) is 4.19. The van der Waals surface area contributed by atoms with E-state index in [1.54, 1.807) is 0 Å². The highest BCUT2D eigenvalue weighted by Gasteiger charge is 2.16. The molecule has 23 heavy (non-hydrogen) atoms. The number of hydrogen-bond donors (Lipinski definition) is 1. The molecule has 126 valence electrons. The SMILES string of the molecule is Cc1[nH]c2c(C)cccc2c(=O)c1CN(CC(C)C)CC(C)C. The fourth-order valence-corrected chi connectivity index (χ4v) is 3.27. The molecule has 3 heteroatoms. The number of aromatic nitrogens is 1. The Morgan fingerprint density at radius 3 is 2.22 bits per heavy atom. The van der Waals surface area contributed by atoms with Gasteiger partial charge in [-0.05, 0) is 37.3 Å². The summed E-state index contributed by atoms with van der Waals surface area (Å²) in [6, 6.07) is 5.94. The number of pyridine rings is 1. The molecule has 2 rings (SSSR count). The second-order valence-electron chi connectivity index (χ2n) is 7.54. The maximum atomic E-state index is 13.0. The second-order valence-corrected chi connectivity index (χ2v) is 7.54. The highest BCUT2D eigenvalue weighted by atomic mass is 16.1. The number of benzene rings is 1. The zero-order valence-electron chi connectivity index (χ0n) is 15.4. The Balaban J connectivity index is 2.44. The quantitative estimate of drug-likeness (QED) is 0.865. The van der Waals surface area contributed by atoms with Crippen molar-refractivity contribution in [2.75, 3.05) is 13.1 Å². The Morgan fingerprint density at radius 2 is 1.65 bits per heavy atom. The van der Waals surface area contributed by atoms with Gasteiger partial charge < -0.3 is 4.98 Å². The highest BCUT2D eigenvalue weighted by molar-refractivity contribution is 5.82. The molecule has 1 aromatic carbocycles. The molecule has 2 aromatic rings. The van der Waals surface area contributed by atoms with E-state index in [4.69, 9.17) is 0 Å². The van der Waals surface area contributed by atoms with Gasteiger partial charge in [0.15, 0.2) is 5.43 Å². The molecule has 0 spiro atoms. The number of aryl methyl sites for hydroxylation is 2. The lowest BCUT2D eigenvalue weighted by Gasteiger charge is -2.26. The van der Waals surface area contributed by atoms with Crippen LogP contribution in [0.2, 0.25) is 0 Å². The molecule has 0 saturated heterocycles. The molecule has 1 aromatic heterocycles. The first kappa shape index (κ1) is 17.7. The maximum Gasteiger partial charge on any atom is 0.194 e. The summed E-state index contributed by atoms with van der Waals surface area (Å²) in [5, 5.41) is 0.805. The van der Waals surface area contributed by atoms with Crippen LogP contribution in [0.5, 0.6) is 0 Å². The van der Waals surface area contributed by atoms with Crippen LogP contribution < -0.4 is 5.43 Å². The van der Waals surface area contributed by atoms with E-state index in [9.17, 15) is 4.79 Å². The zero-order valence-corrected chi connectivity index (χ0v) is 15.4. The van der Waals surface area contributed by atoms with Crippen molar-refractivity contribution in [2.45, 2.75) is 48.1 Å². The summed E-state index contributed by atoms with van der Waals surface area (Å²) in [5.41, 5.74) is 4.17. The Kier molecular flexibility index (Phi) is 5.64. The van der Waals surface area contributed by atoms with Gasteiger partial charge in [-0.2, -0.15) is 0 Å². The Bertz CT molecular complexity index is 718. The normalized spacial score (nSPS) is 12.0. The minimum atomic E-state index is 0.178. The average Bonchev–Trinajstić information content (AvgIpc) is 2.43. The molecule has 0 saturated carbocycles. The van der Waals surface area contributed by atoms with E-state index in [0.29, 0.717) is 11.8 Å². The summed E-state index contributed by atoms with van der Waals surface area (Å²) in [7, 11) is 0. The van der Waals surface area contributed by atoms with Crippen molar-refractivity contribution in [1.82, 2.24) is 9.88 Å². The van der Waals surface area contributed by atoms with Crippen molar-refractivity contribution in [2.24, 2.45) is 11.8 Å². The smallest absolute Gasteiger partial charge is 0.194 e. The average molecular weight is 314 g/mol. The van der Waals surface area contributed by atoms with Gasteiger partial charge in [0.05, 0.1) is 5.52 Å². The second kappa shape index (κ2) is 7.31. The summed E-state index contributed by atoms with van der Waals surface area (Å²) >= 11 is 0. The molecule has 1 N–H and O–H groups in total. The molecule has 0 aliphatic carbocycles. The van der Waals surface area contributed by atoms with E-state index in [2.05, 4.69) is 37.6 Å². The van der Waals surface area contributed by atoms with Crippen LogP contribution >= 0.6 is 0 Å². The molecular formula is C20H30N2O. The molecule has 1 heterocycles. The fraction of sp³-hybridized carbons (Fsp3) is 0.550. The van der Waals surface area contributed by atoms with Gasteiger partial charge in [0.25, 0.3) is 0 Å². The molecule has 0 radical (unpaired) electrons. The molecule has 0 unspecified atom stereocenters. The molecule has 0 aliphatic rings. The van der Waals surface area contributed by atoms with Gasteiger partial charge in [-0.3, -0.25) is 9.69 Å². The Morgan fingerprint density at radius 1 is 1.04 bits per heavy atom. The molecule has 3 nitrogen and oxygen atoms in total. The van der Waals surface area contributed by atoms with Crippen LogP contribution in [-0.2, 0) is 6.54 Å². The molecule has 0 amide bonds. The monoisotopic (exact) mass is 314 g/mol. The third-order valence-electron chi connectivity index (χ3n) is 4.19. The molecule has 0 fully saturated rings. The van der Waals surface area contributed by atoms with Crippen LogP contribution in [0.25, 0.3) is 10.9 Å². The van der Waals surface area contributed by atoms with Crippen molar-refractivity contribution in [3.63, 3.8) is 0 Å². The number of fused-ring (bicyclic) bond motifs is 1. The van der Waals surface area contributed by atoms with Gasteiger partial charge in [0.1, 0.15) is 0 Å². The van der Waals surface area contributed by atoms with Gasteiger partial charge >= 0.3 is 0 Å². The van der Waals surface area contributed by atoms with E-state index in [-0.39, 0.29) is 5.43 Å². The summed E-state index contributed by atoms with van der Waals surface area (Å²) < 4.78 is 0. The number of nitrogens with zero attached hydrogens (tertiary/aromatic N) is 1. The fourth-order valence-electron chi connectivity index (χ4n) is 3.27.